The Kier molecular flexibility index (Phi) is 8.97. The van der Waals surface area contributed by atoms with Gasteiger partial charge in [-0.3, -0.25) is 14.5 Å². The zero-order valence-corrected chi connectivity index (χ0v) is 23.7. The number of carbonyl (C=O) groups is 2. The van der Waals surface area contributed by atoms with Gasteiger partial charge in [0.15, 0.2) is 0 Å². The van der Waals surface area contributed by atoms with Crippen LogP contribution in [0.2, 0.25) is 0 Å². The Morgan fingerprint density at radius 2 is 1.78 bits per heavy atom. The van der Waals surface area contributed by atoms with Crippen LogP contribution in [0.4, 0.5) is 13.2 Å². The Labute approximate surface area is 239 Å². The van der Waals surface area contributed by atoms with Crippen LogP contribution >= 0.6 is 0 Å². The number of rotatable bonds is 9. The number of carbonyl (C=O) groups excluding carboxylic acids is 2. The van der Waals surface area contributed by atoms with Gasteiger partial charge in [0.2, 0.25) is 11.8 Å². The molecule has 2 aliphatic heterocycles. The van der Waals surface area contributed by atoms with E-state index in [0.29, 0.717) is 56.5 Å². The van der Waals surface area contributed by atoms with E-state index < -0.39 is 17.9 Å². The number of benzene rings is 1. The molecule has 1 aromatic heterocycles. The van der Waals surface area contributed by atoms with Crippen LogP contribution < -0.4 is 10.1 Å². The zero-order chi connectivity index (χ0) is 29.0. The second-order valence-corrected chi connectivity index (χ2v) is 11.7. The van der Waals surface area contributed by atoms with Crippen LogP contribution in [0.3, 0.4) is 0 Å². The van der Waals surface area contributed by atoms with E-state index >= 15 is 0 Å². The van der Waals surface area contributed by atoms with Crippen LogP contribution in [0.15, 0.2) is 40.8 Å². The lowest BCUT2D eigenvalue weighted by Crippen LogP contribution is -2.73. The van der Waals surface area contributed by atoms with Crippen molar-refractivity contribution in [1.29, 1.82) is 0 Å². The second kappa shape index (κ2) is 12.5. The van der Waals surface area contributed by atoms with E-state index in [1.807, 2.05) is 4.90 Å². The van der Waals surface area contributed by atoms with Crippen molar-refractivity contribution in [3.8, 4) is 17.1 Å². The van der Waals surface area contributed by atoms with Crippen molar-refractivity contribution in [3.05, 3.63) is 42.2 Å². The molecule has 1 saturated carbocycles. The summed E-state index contributed by atoms with van der Waals surface area (Å²) >= 11 is 0. The maximum atomic E-state index is 13.8. The van der Waals surface area contributed by atoms with Gasteiger partial charge in [0, 0.05) is 19.6 Å². The van der Waals surface area contributed by atoms with E-state index in [4.69, 9.17) is 4.42 Å². The average molecular weight is 576 g/mol. The largest absolute Gasteiger partial charge is 0.573 e. The van der Waals surface area contributed by atoms with Gasteiger partial charge in [-0.2, -0.15) is 0 Å². The predicted octanol–water partition coefficient (Wildman–Crippen LogP) is 6.28. The molecule has 1 aromatic carbocycles. The number of amides is 2. The van der Waals surface area contributed by atoms with E-state index in [9.17, 15) is 22.8 Å². The first kappa shape index (κ1) is 29.5. The lowest BCUT2D eigenvalue weighted by Gasteiger charge is -2.52. The quantitative estimate of drug-likeness (QED) is 0.381. The molecule has 3 fully saturated rings. The SMILES string of the molecule is CCCCN1C(=O)C(CC2CCCCC2)NC(=O)C12CCN(Cc1ccc(-c3ccccc3OC(F)(F)F)o1)CC2. The van der Waals surface area contributed by atoms with Crippen LogP contribution in [-0.2, 0) is 16.1 Å². The lowest BCUT2D eigenvalue weighted by molar-refractivity contribution is -0.274. The molecule has 1 N–H and O–H groups in total. The number of alkyl halides is 3. The van der Waals surface area contributed by atoms with Crippen molar-refractivity contribution in [2.45, 2.75) is 95.6 Å². The average Bonchev–Trinajstić information content (AvgIpc) is 3.41. The van der Waals surface area contributed by atoms with Gasteiger partial charge >= 0.3 is 6.36 Å². The molecule has 5 rings (SSSR count). The molecule has 2 saturated heterocycles. The fraction of sp³-hybridized carbons (Fsp3) is 0.613. The molecule has 0 radical (unpaired) electrons. The molecule has 3 aliphatic rings. The molecule has 2 aromatic rings. The monoisotopic (exact) mass is 575 g/mol. The summed E-state index contributed by atoms with van der Waals surface area (Å²) in [6.07, 6.45) is 4.69. The highest BCUT2D eigenvalue weighted by atomic mass is 19.4. The highest BCUT2D eigenvalue weighted by molar-refractivity contribution is 6.00. The minimum absolute atomic E-state index is 0.0322. The third-order valence-corrected chi connectivity index (χ3v) is 8.94. The number of furan rings is 1. The van der Waals surface area contributed by atoms with Gasteiger partial charge in [-0.25, -0.2) is 0 Å². The fourth-order valence-corrected chi connectivity index (χ4v) is 6.72. The van der Waals surface area contributed by atoms with Crippen molar-refractivity contribution >= 4 is 11.8 Å². The predicted molar refractivity (Wildman–Crippen MR) is 148 cm³/mol. The third kappa shape index (κ3) is 6.74. The number of para-hydroxylation sites is 1. The van der Waals surface area contributed by atoms with Crippen molar-refractivity contribution in [1.82, 2.24) is 15.1 Å². The zero-order valence-electron chi connectivity index (χ0n) is 23.7. The molecule has 2 amide bonds. The summed E-state index contributed by atoms with van der Waals surface area (Å²) in [7, 11) is 0. The molecule has 1 atom stereocenters. The Balaban J connectivity index is 1.24. The number of halogens is 3. The Morgan fingerprint density at radius 3 is 2.49 bits per heavy atom. The molecular formula is C31H40F3N3O4. The molecule has 10 heteroatoms. The molecule has 7 nitrogen and oxygen atoms in total. The molecule has 0 bridgehead atoms. The number of unbranched alkanes of at least 4 members (excludes halogenated alkanes) is 1. The van der Waals surface area contributed by atoms with E-state index in [1.54, 1.807) is 18.2 Å². The number of hydrogen-bond acceptors (Lipinski definition) is 5. The number of ether oxygens (including phenoxy) is 1. The molecule has 1 aliphatic carbocycles. The van der Waals surface area contributed by atoms with Crippen LogP contribution in [0, 0.1) is 5.92 Å². The Hall–Kier alpha value is -3.01. The third-order valence-electron chi connectivity index (χ3n) is 8.94. The second-order valence-electron chi connectivity index (χ2n) is 11.7. The Bertz CT molecular complexity index is 1200. The maximum absolute atomic E-state index is 13.8. The van der Waals surface area contributed by atoms with Crippen LogP contribution in [0.25, 0.3) is 11.3 Å². The fourth-order valence-electron chi connectivity index (χ4n) is 6.72. The summed E-state index contributed by atoms with van der Waals surface area (Å²) in [5.41, 5.74) is -0.617. The molecule has 1 spiro atoms. The molecule has 1 unspecified atom stereocenters. The van der Waals surface area contributed by atoms with Gasteiger partial charge in [0.1, 0.15) is 28.9 Å². The summed E-state index contributed by atoms with van der Waals surface area (Å²) in [4.78, 5) is 31.5. The van der Waals surface area contributed by atoms with E-state index in [2.05, 4.69) is 21.9 Å². The minimum Gasteiger partial charge on any atom is -0.460 e. The van der Waals surface area contributed by atoms with Crippen molar-refractivity contribution in [2.24, 2.45) is 5.92 Å². The first-order chi connectivity index (χ1) is 19.7. The van der Waals surface area contributed by atoms with Crippen molar-refractivity contribution in [2.75, 3.05) is 19.6 Å². The van der Waals surface area contributed by atoms with Crippen LogP contribution in [-0.4, -0.2) is 59.2 Å². The minimum atomic E-state index is -4.80. The smallest absolute Gasteiger partial charge is 0.460 e. The highest BCUT2D eigenvalue weighted by Crippen LogP contribution is 2.38. The van der Waals surface area contributed by atoms with Crippen molar-refractivity contribution < 1.29 is 31.9 Å². The summed E-state index contributed by atoms with van der Waals surface area (Å²) in [5.74, 6) is 1.11. The number of nitrogens with zero attached hydrogens (tertiary/aromatic N) is 2. The van der Waals surface area contributed by atoms with Crippen LogP contribution in [0.5, 0.6) is 5.75 Å². The van der Waals surface area contributed by atoms with E-state index in [0.717, 1.165) is 32.1 Å². The Morgan fingerprint density at radius 1 is 1.05 bits per heavy atom. The van der Waals surface area contributed by atoms with Crippen molar-refractivity contribution in [3.63, 3.8) is 0 Å². The van der Waals surface area contributed by atoms with Gasteiger partial charge in [-0.1, -0.05) is 57.6 Å². The van der Waals surface area contributed by atoms with Gasteiger partial charge < -0.3 is 19.4 Å². The maximum Gasteiger partial charge on any atom is 0.573 e. The summed E-state index contributed by atoms with van der Waals surface area (Å²) < 4.78 is 48.7. The molecular weight excluding hydrogens is 535 g/mol. The standard InChI is InChI=1S/C31H40F3N3O4/c1-2-3-17-37-28(38)25(20-22-9-5-4-6-10-22)35-29(39)30(37)15-18-36(19-16-30)21-23-13-14-26(40-23)24-11-7-8-12-27(24)41-31(32,33)34/h7-8,11-14,22,25H,2-6,9-10,15-21H2,1H3,(H,35,39). The van der Waals surface area contributed by atoms with E-state index in [-0.39, 0.29) is 23.1 Å². The number of hydrogen-bond donors (Lipinski definition) is 1. The van der Waals surface area contributed by atoms with Gasteiger partial charge in [0.05, 0.1) is 12.1 Å². The molecule has 41 heavy (non-hydrogen) atoms. The van der Waals surface area contributed by atoms with E-state index in [1.165, 1.54) is 37.5 Å². The summed E-state index contributed by atoms with van der Waals surface area (Å²) in [5, 5.41) is 3.13. The van der Waals surface area contributed by atoms with Gasteiger partial charge in [-0.05, 0) is 55.9 Å². The lowest BCUT2D eigenvalue weighted by atomic mass is 9.79. The van der Waals surface area contributed by atoms with Crippen LogP contribution in [0.1, 0.15) is 76.9 Å². The van der Waals surface area contributed by atoms with Gasteiger partial charge in [0.25, 0.3) is 0 Å². The first-order valence-corrected chi connectivity index (χ1v) is 15.0. The summed E-state index contributed by atoms with van der Waals surface area (Å²) in [6, 6.07) is 8.86. The number of piperidine rings is 1. The topological polar surface area (TPSA) is 75.0 Å². The van der Waals surface area contributed by atoms with Gasteiger partial charge in [-0.15, -0.1) is 13.2 Å². The number of likely N-dealkylation sites (tertiary alicyclic amines) is 1. The first-order valence-electron chi connectivity index (χ1n) is 15.0. The number of piperazine rings is 1. The highest BCUT2D eigenvalue weighted by Gasteiger charge is 2.53. The molecule has 3 heterocycles. The normalized spacial score (nSPS) is 22.2. The number of nitrogens with one attached hydrogen (secondary N) is 1. The molecule has 224 valence electrons. The summed E-state index contributed by atoms with van der Waals surface area (Å²) in [6.45, 7) is 4.33.